The second-order valence-corrected chi connectivity index (χ2v) is 7.79. The van der Waals surface area contributed by atoms with Gasteiger partial charge in [-0.05, 0) is 62.4 Å². The number of phenolic OH excluding ortho intramolecular Hbond substituents is 1. The SMILES string of the molecule is Cc1c(C(=O)OC2CCCCC2)sc2ncnc(Nc3ccc(O)cc3)c12. The van der Waals surface area contributed by atoms with Crippen molar-refractivity contribution in [3.8, 4) is 5.75 Å². The van der Waals surface area contributed by atoms with Gasteiger partial charge in [-0.15, -0.1) is 11.3 Å². The van der Waals surface area contributed by atoms with Crippen molar-refractivity contribution >= 4 is 39.0 Å². The van der Waals surface area contributed by atoms with Crippen molar-refractivity contribution in [3.63, 3.8) is 0 Å². The van der Waals surface area contributed by atoms with E-state index in [4.69, 9.17) is 4.74 Å². The van der Waals surface area contributed by atoms with Gasteiger partial charge in [0.2, 0.25) is 0 Å². The van der Waals surface area contributed by atoms with E-state index < -0.39 is 0 Å². The summed E-state index contributed by atoms with van der Waals surface area (Å²) in [4.78, 5) is 22.7. The first kappa shape index (κ1) is 17.7. The number of aromatic nitrogens is 2. The molecule has 7 heteroatoms. The number of phenols is 1. The zero-order valence-corrected chi connectivity index (χ0v) is 15.9. The molecule has 1 aliphatic rings. The molecule has 1 aromatic carbocycles. The van der Waals surface area contributed by atoms with Crippen molar-refractivity contribution in [1.82, 2.24) is 9.97 Å². The van der Waals surface area contributed by atoms with Crippen LogP contribution in [0.3, 0.4) is 0 Å². The first-order chi connectivity index (χ1) is 13.1. The lowest BCUT2D eigenvalue weighted by molar-refractivity contribution is 0.0216. The fourth-order valence-corrected chi connectivity index (χ4v) is 4.46. The van der Waals surface area contributed by atoms with Gasteiger partial charge in [0.25, 0.3) is 0 Å². The molecule has 4 rings (SSSR count). The third-order valence-corrected chi connectivity index (χ3v) is 6.05. The van der Waals surface area contributed by atoms with Crippen LogP contribution >= 0.6 is 11.3 Å². The van der Waals surface area contributed by atoms with Crippen LogP contribution in [0, 0.1) is 6.92 Å². The summed E-state index contributed by atoms with van der Waals surface area (Å²) < 4.78 is 5.73. The number of hydrogen-bond donors (Lipinski definition) is 2. The first-order valence-corrected chi connectivity index (χ1v) is 9.94. The molecule has 1 saturated carbocycles. The third-order valence-electron chi connectivity index (χ3n) is 4.87. The molecule has 2 aromatic heterocycles. The molecule has 0 spiro atoms. The van der Waals surface area contributed by atoms with Crippen molar-refractivity contribution in [2.45, 2.75) is 45.1 Å². The number of nitrogens with zero attached hydrogens (tertiary/aromatic N) is 2. The molecule has 27 heavy (non-hydrogen) atoms. The number of esters is 1. The van der Waals surface area contributed by atoms with Gasteiger partial charge < -0.3 is 15.2 Å². The summed E-state index contributed by atoms with van der Waals surface area (Å²) in [6.07, 6.45) is 6.86. The van der Waals surface area contributed by atoms with Crippen LogP contribution in [0.25, 0.3) is 10.2 Å². The van der Waals surface area contributed by atoms with Gasteiger partial charge in [0, 0.05) is 5.69 Å². The minimum Gasteiger partial charge on any atom is -0.508 e. The number of ether oxygens (including phenoxy) is 1. The molecule has 2 heterocycles. The van der Waals surface area contributed by atoms with Gasteiger partial charge in [-0.25, -0.2) is 14.8 Å². The number of aromatic hydroxyl groups is 1. The number of hydrogen-bond acceptors (Lipinski definition) is 7. The van der Waals surface area contributed by atoms with Gasteiger partial charge in [-0.1, -0.05) is 6.42 Å². The van der Waals surface area contributed by atoms with Crippen LogP contribution in [0.4, 0.5) is 11.5 Å². The number of anilines is 2. The van der Waals surface area contributed by atoms with E-state index in [0.717, 1.165) is 47.2 Å². The van der Waals surface area contributed by atoms with E-state index in [9.17, 15) is 9.90 Å². The molecule has 0 saturated heterocycles. The molecule has 2 N–H and O–H groups in total. The minimum absolute atomic E-state index is 0.0246. The fraction of sp³-hybridized carbons (Fsp3) is 0.350. The van der Waals surface area contributed by atoms with Gasteiger partial charge in [-0.3, -0.25) is 0 Å². The lowest BCUT2D eigenvalue weighted by Crippen LogP contribution is -2.20. The van der Waals surface area contributed by atoms with Gasteiger partial charge in [0.1, 0.15) is 33.7 Å². The van der Waals surface area contributed by atoms with E-state index in [2.05, 4.69) is 15.3 Å². The first-order valence-electron chi connectivity index (χ1n) is 9.13. The lowest BCUT2D eigenvalue weighted by atomic mass is 9.98. The van der Waals surface area contributed by atoms with Crippen LogP contribution in [-0.2, 0) is 4.74 Å². The highest BCUT2D eigenvalue weighted by Crippen LogP contribution is 2.35. The van der Waals surface area contributed by atoms with E-state index >= 15 is 0 Å². The maximum absolute atomic E-state index is 12.7. The molecule has 0 atom stereocenters. The summed E-state index contributed by atoms with van der Waals surface area (Å²) in [5.41, 5.74) is 1.63. The molecule has 0 bridgehead atoms. The van der Waals surface area contributed by atoms with Crippen molar-refractivity contribution in [3.05, 3.63) is 41.0 Å². The minimum atomic E-state index is -0.266. The number of nitrogens with one attached hydrogen (secondary N) is 1. The van der Waals surface area contributed by atoms with E-state index in [-0.39, 0.29) is 17.8 Å². The van der Waals surface area contributed by atoms with Crippen LogP contribution in [0.15, 0.2) is 30.6 Å². The number of fused-ring (bicyclic) bond motifs is 1. The van der Waals surface area contributed by atoms with Gasteiger partial charge >= 0.3 is 5.97 Å². The molecule has 3 aromatic rings. The van der Waals surface area contributed by atoms with Crippen LogP contribution in [0.2, 0.25) is 0 Å². The van der Waals surface area contributed by atoms with Crippen LogP contribution in [0.5, 0.6) is 5.75 Å². The summed E-state index contributed by atoms with van der Waals surface area (Å²) >= 11 is 1.34. The molecule has 1 aliphatic carbocycles. The largest absolute Gasteiger partial charge is 0.508 e. The average molecular weight is 383 g/mol. The fourth-order valence-electron chi connectivity index (χ4n) is 3.43. The van der Waals surface area contributed by atoms with E-state index in [1.165, 1.54) is 24.1 Å². The molecule has 0 aliphatic heterocycles. The topological polar surface area (TPSA) is 84.3 Å². The van der Waals surface area contributed by atoms with Gasteiger partial charge in [0.15, 0.2) is 0 Å². The Morgan fingerprint density at radius 3 is 2.67 bits per heavy atom. The Balaban J connectivity index is 1.63. The Morgan fingerprint density at radius 1 is 1.19 bits per heavy atom. The average Bonchev–Trinajstić information content (AvgIpc) is 3.02. The molecule has 0 unspecified atom stereocenters. The number of carbonyl (C=O) groups excluding carboxylic acids is 1. The second kappa shape index (κ2) is 7.52. The monoisotopic (exact) mass is 383 g/mol. The summed E-state index contributed by atoms with van der Waals surface area (Å²) in [5, 5.41) is 13.5. The summed E-state index contributed by atoms with van der Waals surface area (Å²) in [6, 6.07) is 6.74. The summed E-state index contributed by atoms with van der Waals surface area (Å²) in [5.74, 6) is 0.571. The quantitative estimate of drug-likeness (QED) is 0.490. The van der Waals surface area contributed by atoms with Crippen molar-refractivity contribution in [2.24, 2.45) is 0 Å². The Labute approximate surface area is 161 Å². The molecule has 0 amide bonds. The molecule has 1 fully saturated rings. The van der Waals surface area contributed by atoms with Crippen molar-refractivity contribution in [2.75, 3.05) is 5.32 Å². The Bertz CT molecular complexity index is 963. The molecular weight excluding hydrogens is 362 g/mol. The maximum atomic E-state index is 12.7. The number of rotatable bonds is 4. The van der Waals surface area contributed by atoms with Gasteiger partial charge in [-0.2, -0.15) is 0 Å². The summed E-state index contributed by atoms with van der Waals surface area (Å²) in [7, 11) is 0. The highest BCUT2D eigenvalue weighted by atomic mass is 32.1. The maximum Gasteiger partial charge on any atom is 0.348 e. The number of benzene rings is 1. The zero-order valence-electron chi connectivity index (χ0n) is 15.1. The molecule has 0 radical (unpaired) electrons. The Hall–Kier alpha value is -2.67. The normalized spacial score (nSPS) is 15.0. The second-order valence-electron chi connectivity index (χ2n) is 6.80. The Morgan fingerprint density at radius 2 is 1.93 bits per heavy atom. The van der Waals surface area contributed by atoms with Gasteiger partial charge in [0.05, 0.1) is 5.39 Å². The van der Waals surface area contributed by atoms with E-state index in [1.54, 1.807) is 24.3 Å². The zero-order chi connectivity index (χ0) is 18.8. The van der Waals surface area contributed by atoms with Crippen molar-refractivity contribution in [1.29, 1.82) is 0 Å². The highest BCUT2D eigenvalue weighted by molar-refractivity contribution is 7.20. The molecule has 140 valence electrons. The van der Waals surface area contributed by atoms with Crippen LogP contribution in [0.1, 0.15) is 47.3 Å². The Kier molecular flexibility index (Phi) is 4.94. The van der Waals surface area contributed by atoms with E-state index in [1.807, 2.05) is 6.92 Å². The van der Waals surface area contributed by atoms with Crippen molar-refractivity contribution < 1.29 is 14.6 Å². The molecular formula is C20H21N3O3S. The predicted molar refractivity (Wildman–Crippen MR) is 106 cm³/mol. The van der Waals surface area contributed by atoms with E-state index in [0.29, 0.717) is 10.7 Å². The number of carbonyl (C=O) groups is 1. The lowest BCUT2D eigenvalue weighted by Gasteiger charge is -2.21. The number of thiophene rings is 1. The standard InChI is InChI=1S/C20H21N3O3S/c1-12-16-18(23-13-7-9-14(24)10-8-13)21-11-22-19(16)27-17(12)20(25)26-15-5-3-2-4-6-15/h7-11,15,24H,2-6H2,1H3,(H,21,22,23). The summed E-state index contributed by atoms with van der Waals surface area (Å²) in [6.45, 7) is 1.90. The number of aryl methyl sites for hydroxylation is 1. The predicted octanol–water partition coefficient (Wildman–Crippen LogP) is 4.94. The van der Waals surface area contributed by atoms with Crippen LogP contribution in [-0.4, -0.2) is 27.1 Å². The highest BCUT2D eigenvalue weighted by Gasteiger charge is 2.24. The smallest absolute Gasteiger partial charge is 0.348 e. The van der Waals surface area contributed by atoms with Crippen LogP contribution < -0.4 is 5.32 Å². The molecule has 6 nitrogen and oxygen atoms in total. The third kappa shape index (κ3) is 3.73.